The third-order valence-corrected chi connectivity index (χ3v) is 6.06. The molecule has 0 radical (unpaired) electrons. The van der Waals surface area contributed by atoms with Crippen molar-refractivity contribution < 1.29 is 17.2 Å². The summed E-state index contributed by atoms with van der Waals surface area (Å²) in [4.78, 5) is 0. The summed E-state index contributed by atoms with van der Waals surface area (Å²) in [6.45, 7) is 2.36. The van der Waals surface area contributed by atoms with E-state index in [9.17, 15) is 17.2 Å². The van der Waals surface area contributed by atoms with Gasteiger partial charge >= 0.3 is 0 Å². The molecule has 4 nitrogen and oxygen atoms in total. The zero-order valence-corrected chi connectivity index (χ0v) is 15.3. The number of sulfonamides is 1. The molecule has 1 saturated heterocycles. The Morgan fingerprint density at radius 1 is 1.12 bits per heavy atom. The lowest BCUT2D eigenvalue weighted by Crippen LogP contribution is -2.45. The van der Waals surface area contributed by atoms with Gasteiger partial charge in [0.25, 0.3) is 0 Å². The molecule has 2 aromatic carbocycles. The molecule has 0 aromatic heterocycles. The van der Waals surface area contributed by atoms with Crippen LogP contribution in [0.2, 0.25) is 0 Å². The second-order valence-corrected chi connectivity index (χ2v) is 8.58. The summed E-state index contributed by atoms with van der Waals surface area (Å²) < 4.78 is 53.4. The van der Waals surface area contributed by atoms with Gasteiger partial charge in [-0.25, -0.2) is 21.9 Å². The van der Waals surface area contributed by atoms with Gasteiger partial charge in [-0.2, -0.15) is 0 Å². The van der Waals surface area contributed by atoms with Crippen LogP contribution in [0, 0.1) is 11.6 Å². The molecule has 3 rings (SSSR count). The Morgan fingerprint density at radius 2 is 1.85 bits per heavy atom. The summed E-state index contributed by atoms with van der Waals surface area (Å²) in [5, 5.41) is 3.33. The molecule has 2 N–H and O–H groups in total. The number of halogens is 2. The summed E-state index contributed by atoms with van der Waals surface area (Å²) in [6.07, 6.45) is 1.36. The molecule has 0 aliphatic carbocycles. The standard InChI is InChI=1S/C19H22F2N2O2S/c1-2-26(24,25)23-18-6-7-22-19(18)9-13-4-3-5-14(8-13)15-10-16(20)12-17(21)11-15/h3-5,8,10-12,18-19,22-23H,2,6-7,9H2,1H3/t18-,19-/m0/s1. The van der Waals surface area contributed by atoms with Crippen LogP contribution in [0.1, 0.15) is 18.9 Å². The van der Waals surface area contributed by atoms with Crippen molar-refractivity contribution in [1.29, 1.82) is 0 Å². The second-order valence-electron chi connectivity index (χ2n) is 6.54. The molecule has 0 unspecified atom stereocenters. The van der Waals surface area contributed by atoms with E-state index in [1.807, 2.05) is 18.2 Å². The first-order valence-electron chi connectivity index (χ1n) is 8.65. The molecular weight excluding hydrogens is 358 g/mol. The summed E-state index contributed by atoms with van der Waals surface area (Å²) in [5.41, 5.74) is 2.18. The van der Waals surface area contributed by atoms with Gasteiger partial charge in [-0.1, -0.05) is 24.3 Å². The number of rotatable bonds is 6. The molecule has 1 fully saturated rings. The van der Waals surface area contributed by atoms with Crippen LogP contribution < -0.4 is 10.0 Å². The molecule has 140 valence electrons. The lowest BCUT2D eigenvalue weighted by molar-refractivity contribution is 0.492. The molecule has 26 heavy (non-hydrogen) atoms. The van der Waals surface area contributed by atoms with Crippen molar-refractivity contribution in [3.05, 3.63) is 59.7 Å². The van der Waals surface area contributed by atoms with Crippen molar-refractivity contribution in [3.63, 3.8) is 0 Å². The van der Waals surface area contributed by atoms with Crippen molar-refractivity contribution in [3.8, 4) is 11.1 Å². The van der Waals surface area contributed by atoms with Gasteiger partial charge < -0.3 is 5.32 Å². The zero-order valence-electron chi connectivity index (χ0n) is 14.5. The molecule has 0 saturated carbocycles. The monoisotopic (exact) mass is 380 g/mol. The fourth-order valence-electron chi connectivity index (χ4n) is 3.29. The smallest absolute Gasteiger partial charge is 0.211 e. The first-order chi connectivity index (χ1) is 12.4. The van der Waals surface area contributed by atoms with E-state index >= 15 is 0 Å². The second kappa shape index (κ2) is 7.82. The Labute approximate surface area is 152 Å². The van der Waals surface area contributed by atoms with Gasteiger partial charge in [0.05, 0.1) is 5.75 Å². The highest BCUT2D eigenvalue weighted by Crippen LogP contribution is 2.24. The van der Waals surface area contributed by atoms with Crippen LogP contribution in [0.15, 0.2) is 42.5 Å². The highest BCUT2D eigenvalue weighted by molar-refractivity contribution is 7.89. The van der Waals surface area contributed by atoms with Crippen LogP contribution in [-0.2, 0) is 16.4 Å². The van der Waals surface area contributed by atoms with Gasteiger partial charge in [-0.15, -0.1) is 0 Å². The minimum atomic E-state index is -3.26. The average molecular weight is 380 g/mol. The van der Waals surface area contributed by atoms with Crippen LogP contribution in [0.5, 0.6) is 0 Å². The number of benzene rings is 2. The fraction of sp³-hybridized carbons (Fsp3) is 0.368. The average Bonchev–Trinajstić information content (AvgIpc) is 3.00. The van der Waals surface area contributed by atoms with Crippen molar-refractivity contribution in [1.82, 2.24) is 10.0 Å². The highest BCUT2D eigenvalue weighted by Gasteiger charge is 2.29. The minimum Gasteiger partial charge on any atom is -0.312 e. The molecular formula is C19H22F2N2O2S. The lowest BCUT2D eigenvalue weighted by Gasteiger charge is -2.21. The Balaban J connectivity index is 1.78. The summed E-state index contributed by atoms with van der Waals surface area (Å²) in [6, 6.07) is 10.7. The Kier molecular flexibility index (Phi) is 5.70. The van der Waals surface area contributed by atoms with E-state index in [0.29, 0.717) is 12.0 Å². The minimum absolute atomic E-state index is 0.0178. The van der Waals surface area contributed by atoms with Gasteiger partial charge in [0.2, 0.25) is 10.0 Å². The van der Waals surface area contributed by atoms with E-state index in [1.165, 1.54) is 12.1 Å². The fourth-order valence-corrected chi connectivity index (χ4v) is 4.20. The molecule has 7 heteroatoms. The molecule has 1 aliphatic rings. The lowest BCUT2D eigenvalue weighted by atomic mass is 9.97. The SMILES string of the molecule is CCS(=O)(=O)N[C@H]1CCN[C@H]1Cc1cccc(-c2cc(F)cc(F)c2)c1. The quantitative estimate of drug-likeness (QED) is 0.810. The topological polar surface area (TPSA) is 58.2 Å². The van der Waals surface area contributed by atoms with Gasteiger partial charge in [0, 0.05) is 18.2 Å². The predicted octanol–water partition coefficient (Wildman–Crippen LogP) is 2.84. The normalized spacial score (nSPS) is 20.4. The number of hydrogen-bond acceptors (Lipinski definition) is 3. The van der Waals surface area contributed by atoms with Crippen molar-refractivity contribution in [2.24, 2.45) is 0 Å². The maximum absolute atomic E-state index is 13.5. The molecule has 0 spiro atoms. The van der Waals surface area contributed by atoms with Crippen LogP contribution >= 0.6 is 0 Å². The van der Waals surface area contributed by atoms with Crippen molar-refractivity contribution in [2.45, 2.75) is 31.8 Å². The van der Waals surface area contributed by atoms with E-state index < -0.39 is 21.7 Å². The predicted molar refractivity (Wildman–Crippen MR) is 98.3 cm³/mol. The molecule has 2 atom stereocenters. The summed E-state index contributed by atoms with van der Waals surface area (Å²) in [7, 11) is -3.26. The van der Waals surface area contributed by atoms with E-state index in [2.05, 4.69) is 10.0 Å². The largest absolute Gasteiger partial charge is 0.312 e. The molecule has 0 bridgehead atoms. The third-order valence-electron chi connectivity index (χ3n) is 4.64. The maximum atomic E-state index is 13.5. The third kappa shape index (κ3) is 4.66. The zero-order chi connectivity index (χ0) is 18.7. The van der Waals surface area contributed by atoms with Crippen LogP contribution in [-0.4, -0.2) is 32.8 Å². The van der Waals surface area contributed by atoms with Crippen LogP contribution in [0.3, 0.4) is 0 Å². The number of nitrogens with one attached hydrogen (secondary N) is 2. The van der Waals surface area contributed by atoms with Gasteiger partial charge in [0.15, 0.2) is 0 Å². The first-order valence-corrected chi connectivity index (χ1v) is 10.3. The van der Waals surface area contributed by atoms with Crippen LogP contribution in [0.25, 0.3) is 11.1 Å². The number of hydrogen-bond donors (Lipinski definition) is 2. The van der Waals surface area contributed by atoms with Gasteiger partial charge in [-0.3, -0.25) is 0 Å². The Hall–Kier alpha value is -1.83. The molecule has 1 aliphatic heterocycles. The van der Waals surface area contributed by atoms with Gasteiger partial charge in [0.1, 0.15) is 11.6 Å². The van der Waals surface area contributed by atoms with E-state index in [4.69, 9.17) is 0 Å². The highest BCUT2D eigenvalue weighted by atomic mass is 32.2. The van der Waals surface area contributed by atoms with E-state index in [0.717, 1.165) is 30.2 Å². The Bertz CT molecular complexity index is 867. The van der Waals surface area contributed by atoms with Gasteiger partial charge in [-0.05, 0) is 55.1 Å². The Morgan fingerprint density at radius 3 is 2.54 bits per heavy atom. The summed E-state index contributed by atoms with van der Waals surface area (Å²) >= 11 is 0. The van der Waals surface area contributed by atoms with Crippen molar-refractivity contribution in [2.75, 3.05) is 12.3 Å². The molecule has 0 amide bonds. The summed E-state index contributed by atoms with van der Waals surface area (Å²) in [5.74, 6) is -1.18. The maximum Gasteiger partial charge on any atom is 0.211 e. The first kappa shape index (κ1) is 18.9. The van der Waals surface area contributed by atoms with Crippen molar-refractivity contribution >= 4 is 10.0 Å². The van der Waals surface area contributed by atoms with E-state index in [-0.39, 0.29) is 17.8 Å². The molecule has 2 aromatic rings. The van der Waals surface area contributed by atoms with Crippen LogP contribution in [0.4, 0.5) is 8.78 Å². The van der Waals surface area contributed by atoms with E-state index in [1.54, 1.807) is 13.0 Å². The molecule has 1 heterocycles.